The Bertz CT molecular complexity index is 703. The van der Waals surface area contributed by atoms with Crippen LogP contribution in [0.15, 0.2) is 48.8 Å². The highest BCUT2D eigenvalue weighted by molar-refractivity contribution is 5.95. The van der Waals surface area contributed by atoms with Crippen molar-refractivity contribution in [2.75, 3.05) is 6.54 Å². The van der Waals surface area contributed by atoms with Crippen LogP contribution in [0.25, 0.3) is 0 Å². The lowest BCUT2D eigenvalue weighted by Gasteiger charge is -2.37. The van der Waals surface area contributed by atoms with Gasteiger partial charge in [-0.25, -0.2) is 0 Å². The molecule has 0 spiro atoms. The molecular weight excluding hydrogens is 316 g/mol. The Kier molecular flexibility index (Phi) is 5.66. The number of benzene rings is 1. The van der Waals surface area contributed by atoms with Gasteiger partial charge in [0.25, 0.3) is 5.91 Å². The minimum atomic E-state index is -0.519. The third kappa shape index (κ3) is 4.37. The van der Waals surface area contributed by atoms with Crippen LogP contribution in [0.4, 0.5) is 0 Å². The molecule has 1 aromatic heterocycles. The first-order valence-electron chi connectivity index (χ1n) is 8.76. The van der Waals surface area contributed by atoms with Crippen LogP contribution in [0.5, 0.6) is 5.75 Å². The molecular formula is C20H24N2O3. The van der Waals surface area contributed by atoms with Gasteiger partial charge in [-0.05, 0) is 50.5 Å². The summed E-state index contributed by atoms with van der Waals surface area (Å²) in [5, 5.41) is 9.98. The second kappa shape index (κ2) is 8.12. The molecule has 25 heavy (non-hydrogen) atoms. The first-order chi connectivity index (χ1) is 12.1. The number of aliphatic hydroxyl groups excluding tert-OH is 1. The van der Waals surface area contributed by atoms with E-state index in [1.54, 1.807) is 36.4 Å². The summed E-state index contributed by atoms with van der Waals surface area (Å²) < 4.78 is 5.78. The van der Waals surface area contributed by atoms with Crippen LogP contribution in [0.1, 0.15) is 42.1 Å². The number of rotatable bonds is 5. The average molecular weight is 340 g/mol. The standard InChI is InChI=1S/C20H24N2O3/c1-15(23)19-9-2-3-11-22(19)20(24)17-7-4-8-18(12-17)25-14-16-6-5-10-21-13-16/h4-8,10,12-13,15,19,23H,2-3,9,11,14H2,1H3. The van der Waals surface area contributed by atoms with E-state index in [0.29, 0.717) is 24.5 Å². The zero-order chi connectivity index (χ0) is 17.6. The highest BCUT2D eigenvalue weighted by atomic mass is 16.5. The summed E-state index contributed by atoms with van der Waals surface area (Å²) in [6.07, 6.45) is 5.84. The molecule has 1 aliphatic heterocycles. The van der Waals surface area contributed by atoms with Gasteiger partial charge in [0, 0.05) is 30.1 Å². The van der Waals surface area contributed by atoms with Crippen LogP contribution in [0, 0.1) is 0 Å². The van der Waals surface area contributed by atoms with E-state index < -0.39 is 6.10 Å². The molecule has 2 heterocycles. The molecule has 0 radical (unpaired) electrons. The maximum Gasteiger partial charge on any atom is 0.254 e. The number of piperidine rings is 1. The maximum atomic E-state index is 12.9. The van der Waals surface area contributed by atoms with Crippen molar-refractivity contribution in [1.29, 1.82) is 0 Å². The SMILES string of the molecule is CC(O)C1CCCCN1C(=O)c1cccc(OCc2cccnc2)c1. The third-order valence-corrected chi connectivity index (χ3v) is 4.58. The Morgan fingerprint density at radius 2 is 2.24 bits per heavy atom. The van der Waals surface area contributed by atoms with Gasteiger partial charge in [-0.1, -0.05) is 12.1 Å². The van der Waals surface area contributed by atoms with Gasteiger partial charge in [-0.15, -0.1) is 0 Å². The number of carbonyl (C=O) groups excluding carboxylic acids is 1. The monoisotopic (exact) mass is 340 g/mol. The van der Waals surface area contributed by atoms with Crippen molar-refractivity contribution in [1.82, 2.24) is 9.88 Å². The van der Waals surface area contributed by atoms with E-state index in [9.17, 15) is 9.90 Å². The minimum Gasteiger partial charge on any atom is -0.489 e. The van der Waals surface area contributed by atoms with E-state index in [0.717, 1.165) is 24.8 Å². The van der Waals surface area contributed by atoms with E-state index in [4.69, 9.17) is 4.74 Å². The molecule has 0 saturated carbocycles. The zero-order valence-electron chi connectivity index (χ0n) is 14.5. The predicted octanol–water partition coefficient (Wildman–Crippen LogP) is 3.04. The number of nitrogens with zero attached hydrogens (tertiary/aromatic N) is 2. The van der Waals surface area contributed by atoms with Crippen LogP contribution >= 0.6 is 0 Å². The van der Waals surface area contributed by atoms with E-state index in [-0.39, 0.29) is 11.9 Å². The van der Waals surface area contributed by atoms with E-state index in [2.05, 4.69) is 4.98 Å². The number of hydrogen-bond donors (Lipinski definition) is 1. The Labute approximate surface area is 148 Å². The van der Waals surface area contributed by atoms with Crippen LogP contribution in [-0.2, 0) is 6.61 Å². The number of amides is 1. The van der Waals surface area contributed by atoms with Gasteiger partial charge >= 0.3 is 0 Å². The van der Waals surface area contributed by atoms with Gasteiger partial charge in [-0.2, -0.15) is 0 Å². The van der Waals surface area contributed by atoms with Gasteiger partial charge in [0.2, 0.25) is 0 Å². The van der Waals surface area contributed by atoms with Crippen molar-refractivity contribution in [3.05, 3.63) is 59.9 Å². The molecule has 5 heteroatoms. The van der Waals surface area contributed by atoms with Gasteiger partial charge < -0.3 is 14.7 Å². The molecule has 1 aromatic carbocycles. The normalized spacial score (nSPS) is 18.6. The summed E-state index contributed by atoms with van der Waals surface area (Å²) in [7, 11) is 0. The number of likely N-dealkylation sites (tertiary alicyclic amines) is 1. The highest BCUT2D eigenvalue weighted by Gasteiger charge is 2.30. The molecule has 1 amide bonds. The molecule has 5 nitrogen and oxygen atoms in total. The summed E-state index contributed by atoms with van der Waals surface area (Å²) in [5.74, 6) is 0.609. The van der Waals surface area contributed by atoms with Crippen molar-refractivity contribution in [2.45, 2.75) is 44.9 Å². The molecule has 132 valence electrons. The highest BCUT2D eigenvalue weighted by Crippen LogP contribution is 2.24. The molecule has 3 rings (SSSR count). The summed E-state index contributed by atoms with van der Waals surface area (Å²) in [5.41, 5.74) is 1.57. The van der Waals surface area contributed by atoms with Crippen molar-refractivity contribution in [2.24, 2.45) is 0 Å². The van der Waals surface area contributed by atoms with Crippen molar-refractivity contribution in [3.8, 4) is 5.75 Å². The largest absolute Gasteiger partial charge is 0.489 e. The van der Waals surface area contributed by atoms with Crippen LogP contribution in [0.3, 0.4) is 0 Å². The van der Waals surface area contributed by atoms with Crippen molar-refractivity contribution in [3.63, 3.8) is 0 Å². The van der Waals surface area contributed by atoms with Crippen LogP contribution in [0.2, 0.25) is 0 Å². The number of carbonyl (C=O) groups is 1. The van der Waals surface area contributed by atoms with Crippen molar-refractivity contribution < 1.29 is 14.6 Å². The maximum absolute atomic E-state index is 12.9. The summed E-state index contributed by atoms with van der Waals surface area (Å²) in [6.45, 7) is 2.85. The Morgan fingerprint density at radius 3 is 3.00 bits per heavy atom. The second-order valence-corrected chi connectivity index (χ2v) is 6.48. The quantitative estimate of drug-likeness (QED) is 0.909. The topological polar surface area (TPSA) is 62.7 Å². The minimum absolute atomic E-state index is 0.0440. The smallest absolute Gasteiger partial charge is 0.254 e. The average Bonchev–Trinajstić information content (AvgIpc) is 2.67. The number of pyridine rings is 1. The third-order valence-electron chi connectivity index (χ3n) is 4.58. The number of aliphatic hydroxyl groups is 1. The summed E-state index contributed by atoms with van der Waals surface area (Å²) in [6, 6.07) is 10.9. The first-order valence-corrected chi connectivity index (χ1v) is 8.76. The summed E-state index contributed by atoms with van der Waals surface area (Å²) >= 11 is 0. The Balaban J connectivity index is 1.70. The van der Waals surface area contributed by atoms with E-state index in [1.807, 2.05) is 24.3 Å². The fourth-order valence-electron chi connectivity index (χ4n) is 3.25. The molecule has 2 atom stereocenters. The number of ether oxygens (including phenoxy) is 1. The summed E-state index contributed by atoms with van der Waals surface area (Å²) in [4.78, 5) is 18.8. The second-order valence-electron chi connectivity index (χ2n) is 6.48. The predicted molar refractivity (Wildman–Crippen MR) is 95.4 cm³/mol. The Hall–Kier alpha value is -2.40. The Morgan fingerprint density at radius 1 is 1.36 bits per heavy atom. The molecule has 1 saturated heterocycles. The zero-order valence-corrected chi connectivity index (χ0v) is 14.5. The van der Waals surface area contributed by atoms with Crippen LogP contribution in [-0.4, -0.2) is 39.6 Å². The lowest BCUT2D eigenvalue weighted by atomic mass is 9.97. The van der Waals surface area contributed by atoms with Gasteiger partial charge in [-0.3, -0.25) is 9.78 Å². The fourth-order valence-corrected chi connectivity index (χ4v) is 3.25. The lowest BCUT2D eigenvalue weighted by molar-refractivity contribution is 0.0280. The van der Waals surface area contributed by atoms with Gasteiger partial charge in [0.05, 0.1) is 12.1 Å². The molecule has 1 aliphatic rings. The molecule has 1 fully saturated rings. The van der Waals surface area contributed by atoms with Gasteiger partial charge in [0.1, 0.15) is 12.4 Å². The first kappa shape index (κ1) is 17.4. The van der Waals surface area contributed by atoms with Crippen LogP contribution < -0.4 is 4.74 Å². The molecule has 0 aliphatic carbocycles. The van der Waals surface area contributed by atoms with Crippen molar-refractivity contribution >= 4 is 5.91 Å². The number of hydrogen-bond acceptors (Lipinski definition) is 4. The lowest BCUT2D eigenvalue weighted by Crippen LogP contribution is -2.48. The fraction of sp³-hybridized carbons (Fsp3) is 0.400. The van der Waals surface area contributed by atoms with E-state index >= 15 is 0 Å². The van der Waals surface area contributed by atoms with Gasteiger partial charge in [0.15, 0.2) is 0 Å². The molecule has 2 unspecified atom stereocenters. The molecule has 1 N–H and O–H groups in total. The molecule has 0 bridgehead atoms. The molecule has 2 aromatic rings. The van der Waals surface area contributed by atoms with E-state index in [1.165, 1.54) is 0 Å². The number of aromatic nitrogens is 1.